The fourth-order valence-electron chi connectivity index (χ4n) is 0.989. The van der Waals surface area contributed by atoms with Gasteiger partial charge in [-0.05, 0) is 20.3 Å². The van der Waals surface area contributed by atoms with Crippen molar-refractivity contribution in [2.45, 2.75) is 46.3 Å². The van der Waals surface area contributed by atoms with Gasteiger partial charge in [0.2, 0.25) is 0 Å². The first-order valence-electron chi connectivity index (χ1n) is 5.82. The summed E-state index contributed by atoms with van der Waals surface area (Å²) in [6.45, 7) is 6.32. The largest absolute Gasteiger partial charge is 0.466 e. The number of carbonyl (C=O) groups excluding carboxylic acids is 3. The van der Waals surface area contributed by atoms with Crippen LogP contribution in [0.2, 0.25) is 0 Å². The van der Waals surface area contributed by atoms with Gasteiger partial charge >= 0.3 is 17.9 Å². The summed E-state index contributed by atoms with van der Waals surface area (Å²) >= 11 is 0. The highest BCUT2D eigenvalue weighted by molar-refractivity contribution is 5.83. The summed E-state index contributed by atoms with van der Waals surface area (Å²) < 4.78 is 14.1. The monoisotopic (exact) mass is 260 g/mol. The molecule has 0 radical (unpaired) electrons. The molecule has 3 atom stereocenters. The molecule has 6 nitrogen and oxygen atoms in total. The minimum atomic E-state index is -1.04. The fourth-order valence-corrected chi connectivity index (χ4v) is 0.989. The average molecular weight is 260 g/mol. The Balaban J connectivity index is 4.27. The predicted octanol–water partition coefficient (Wildman–Crippen LogP) is 1.07. The van der Waals surface area contributed by atoms with Gasteiger partial charge in [-0.2, -0.15) is 0 Å². The van der Waals surface area contributed by atoms with Gasteiger partial charge in [0.15, 0.2) is 12.2 Å². The molecule has 0 fully saturated rings. The molecule has 104 valence electrons. The van der Waals surface area contributed by atoms with E-state index in [1.54, 1.807) is 6.92 Å². The van der Waals surface area contributed by atoms with E-state index in [-0.39, 0.29) is 5.92 Å². The molecule has 0 aliphatic rings. The van der Waals surface area contributed by atoms with E-state index in [4.69, 9.17) is 9.47 Å². The van der Waals surface area contributed by atoms with Crippen LogP contribution in [0.4, 0.5) is 0 Å². The minimum Gasteiger partial charge on any atom is -0.466 e. The van der Waals surface area contributed by atoms with Crippen LogP contribution < -0.4 is 0 Å². The molecule has 0 aliphatic carbocycles. The maximum absolute atomic E-state index is 11.5. The van der Waals surface area contributed by atoms with Gasteiger partial charge in [0.1, 0.15) is 0 Å². The number of hydrogen-bond donors (Lipinski definition) is 0. The molecule has 1 unspecified atom stereocenters. The lowest BCUT2D eigenvalue weighted by Crippen LogP contribution is -2.33. The Hall–Kier alpha value is -1.59. The Bertz CT molecular complexity index is 312. The number of rotatable bonds is 6. The lowest BCUT2D eigenvalue weighted by molar-refractivity contribution is -0.177. The quantitative estimate of drug-likeness (QED) is 0.525. The second kappa shape index (κ2) is 7.68. The Labute approximate surface area is 107 Å². The van der Waals surface area contributed by atoms with Gasteiger partial charge in [0.05, 0.1) is 13.0 Å². The molecular formula is C12H20O6. The van der Waals surface area contributed by atoms with Crippen LogP contribution in [0, 0.1) is 5.92 Å². The van der Waals surface area contributed by atoms with Crippen molar-refractivity contribution >= 4 is 17.9 Å². The molecule has 0 aromatic carbocycles. The van der Waals surface area contributed by atoms with E-state index >= 15 is 0 Å². The van der Waals surface area contributed by atoms with Gasteiger partial charge < -0.3 is 14.2 Å². The van der Waals surface area contributed by atoms with Gasteiger partial charge in [0.25, 0.3) is 0 Å². The summed E-state index contributed by atoms with van der Waals surface area (Å²) in [4.78, 5) is 34.0. The normalized spacial score (nSPS) is 15.2. The summed E-state index contributed by atoms with van der Waals surface area (Å²) in [5, 5.41) is 0. The summed E-state index contributed by atoms with van der Waals surface area (Å²) in [6.07, 6.45) is -1.44. The van der Waals surface area contributed by atoms with Gasteiger partial charge in [-0.3, -0.25) is 4.79 Å². The third-order valence-electron chi connectivity index (χ3n) is 2.47. The third kappa shape index (κ3) is 5.16. The number of ether oxygens (including phenoxy) is 3. The first-order chi connectivity index (χ1) is 8.33. The molecule has 0 bridgehead atoms. The lowest BCUT2D eigenvalue weighted by atomic mass is 10.1. The molecule has 0 aromatic rings. The van der Waals surface area contributed by atoms with Crippen molar-refractivity contribution in [2.75, 3.05) is 7.11 Å². The van der Waals surface area contributed by atoms with E-state index in [0.717, 1.165) is 0 Å². The number of carbonyl (C=O) groups is 3. The van der Waals surface area contributed by atoms with Crippen LogP contribution in [-0.4, -0.2) is 37.2 Å². The lowest BCUT2D eigenvalue weighted by Gasteiger charge is -2.17. The van der Waals surface area contributed by atoms with Crippen molar-refractivity contribution in [3.8, 4) is 0 Å². The van der Waals surface area contributed by atoms with E-state index < -0.39 is 30.1 Å². The Morgan fingerprint density at radius 1 is 0.889 bits per heavy atom. The highest BCUT2D eigenvalue weighted by Gasteiger charge is 2.26. The van der Waals surface area contributed by atoms with Crippen LogP contribution >= 0.6 is 0 Å². The molecule has 0 aromatic heterocycles. The van der Waals surface area contributed by atoms with E-state index in [1.165, 1.54) is 21.0 Å². The molecule has 0 rings (SSSR count). The average Bonchev–Trinajstić information content (AvgIpc) is 2.35. The third-order valence-corrected chi connectivity index (χ3v) is 2.47. The summed E-state index contributed by atoms with van der Waals surface area (Å²) in [6, 6.07) is 0. The van der Waals surface area contributed by atoms with Crippen LogP contribution in [0.15, 0.2) is 0 Å². The van der Waals surface area contributed by atoms with Gasteiger partial charge in [-0.1, -0.05) is 13.8 Å². The number of esters is 3. The first-order valence-corrected chi connectivity index (χ1v) is 5.82. The molecule has 0 aliphatic heterocycles. The Kier molecular flexibility index (Phi) is 7.00. The maximum Gasteiger partial charge on any atom is 0.347 e. The molecule has 6 heteroatoms. The maximum atomic E-state index is 11.5. The van der Waals surface area contributed by atoms with Crippen molar-refractivity contribution in [1.29, 1.82) is 0 Å². The SMILES string of the molecule is CCC(C)C(=O)O[C@H](C)C(=O)O[C@@H](C)C(=O)OC. The zero-order valence-corrected chi connectivity index (χ0v) is 11.4. The standard InChI is InChI=1S/C12H20O6/c1-6-7(2)10(13)17-9(4)12(15)18-8(3)11(14)16-5/h7-9H,6H2,1-5H3/t7?,8-,9+/m0/s1. The van der Waals surface area contributed by atoms with Crippen LogP contribution in [0.1, 0.15) is 34.1 Å². The van der Waals surface area contributed by atoms with Gasteiger partial charge in [0, 0.05) is 0 Å². The van der Waals surface area contributed by atoms with Crippen LogP contribution in [0.3, 0.4) is 0 Å². The molecular weight excluding hydrogens is 240 g/mol. The molecule has 18 heavy (non-hydrogen) atoms. The highest BCUT2D eigenvalue weighted by atomic mass is 16.6. The molecule has 0 spiro atoms. The van der Waals surface area contributed by atoms with Crippen LogP contribution in [0.25, 0.3) is 0 Å². The molecule has 0 amide bonds. The minimum absolute atomic E-state index is 0.279. The number of hydrogen-bond acceptors (Lipinski definition) is 6. The second-order valence-electron chi connectivity index (χ2n) is 3.99. The summed E-state index contributed by atoms with van der Waals surface area (Å²) in [5.41, 5.74) is 0. The predicted molar refractivity (Wildman–Crippen MR) is 62.6 cm³/mol. The molecule has 0 saturated carbocycles. The smallest absolute Gasteiger partial charge is 0.347 e. The van der Waals surface area contributed by atoms with Crippen LogP contribution in [0.5, 0.6) is 0 Å². The molecule has 0 N–H and O–H groups in total. The van der Waals surface area contributed by atoms with Crippen LogP contribution in [-0.2, 0) is 28.6 Å². The van der Waals surface area contributed by atoms with E-state index in [9.17, 15) is 14.4 Å². The van der Waals surface area contributed by atoms with Crippen molar-refractivity contribution in [1.82, 2.24) is 0 Å². The van der Waals surface area contributed by atoms with Crippen molar-refractivity contribution in [3.63, 3.8) is 0 Å². The zero-order valence-electron chi connectivity index (χ0n) is 11.4. The first kappa shape index (κ1) is 16.4. The van der Waals surface area contributed by atoms with E-state index in [2.05, 4.69) is 4.74 Å². The zero-order chi connectivity index (χ0) is 14.3. The Morgan fingerprint density at radius 3 is 1.78 bits per heavy atom. The number of methoxy groups -OCH3 is 1. The summed E-state index contributed by atoms with van der Waals surface area (Å²) in [5.74, 6) is -2.18. The van der Waals surface area contributed by atoms with Crippen molar-refractivity contribution < 1.29 is 28.6 Å². The molecule has 0 saturated heterocycles. The van der Waals surface area contributed by atoms with Crippen molar-refractivity contribution in [2.24, 2.45) is 5.92 Å². The van der Waals surface area contributed by atoms with Gasteiger partial charge in [-0.15, -0.1) is 0 Å². The topological polar surface area (TPSA) is 78.9 Å². The molecule has 0 heterocycles. The Morgan fingerprint density at radius 2 is 1.33 bits per heavy atom. The van der Waals surface area contributed by atoms with Crippen molar-refractivity contribution in [3.05, 3.63) is 0 Å². The summed E-state index contributed by atoms with van der Waals surface area (Å²) in [7, 11) is 1.19. The van der Waals surface area contributed by atoms with Gasteiger partial charge in [-0.25, -0.2) is 9.59 Å². The highest BCUT2D eigenvalue weighted by Crippen LogP contribution is 2.07. The fraction of sp³-hybridized carbons (Fsp3) is 0.750. The second-order valence-corrected chi connectivity index (χ2v) is 3.99. The van der Waals surface area contributed by atoms with E-state index in [0.29, 0.717) is 6.42 Å². The van der Waals surface area contributed by atoms with E-state index in [1.807, 2.05) is 6.92 Å².